The van der Waals surface area contributed by atoms with Crippen molar-refractivity contribution in [3.05, 3.63) is 0 Å². The number of nitrogens with two attached hydrogens (primary N) is 1. The largest absolute Gasteiger partial charge is 0.468 e. The van der Waals surface area contributed by atoms with Crippen LogP contribution in [0, 0.1) is 0 Å². The lowest BCUT2D eigenvalue weighted by Crippen LogP contribution is -2.51. The van der Waals surface area contributed by atoms with Gasteiger partial charge in [-0.1, -0.05) is 6.92 Å². The Balaban J connectivity index is 4.53. The number of esters is 1. The van der Waals surface area contributed by atoms with Gasteiger partial charge in [0.1, 0.15) is 5.54 Å². The van der Waals surface area contributed by atoms with Crippen LogP contribution in [0.4, 0.5) is 0 Å². The second kappa shape index (κ2) is 6.21. The lowest BCUT2D eigenvalue weighted by Gasteiger charge is -2.35. The summed E-state index contributed by atoms with van der Waals surface area (Å²) in [5.74, 6) is -0.348. The molecule has 0 radical (unpaired) electrons. The number of carbonyl (C=O) groups excluding carboxylic acids is 1. The van der Waals surface area contributed by atoms with Crippen molar-refractivity contribution in [2.24, 2.45) is 5.73 Å². The molecule has 2 atom stereocenters. The molecule has 0 aliphatic heterocycles. The number of hydrogen-bond acceptors (Lipinski definition) is 4. The van der Waals surface area contributed by atoms with Crippen LogP contribution in [0.15, 0.2) is 0 Å². The number of nitrogens with zero attached hydrogens (tertiary/aromatic N) is 1. The standard InChI is InChI=1S/C12H26N2O2/c1-7-14(9(2)3)10(4)8-12(5,13)11(15)16-6/h9-10H,7-8,13H2,1-6H3. The normalized spacial score (nSPS) is 17.3. The van der Waals surface area contributed by atoms with E-state index in [0.717, 1.165) is 6.54 Å². The predicted octanol–water partition coefficient (Wildman–Crippen LogP) is 1.39. The summed E-state index contributed by atoms with van der Waals surface area (Å²) >= 11 is 0. The Morgan fingerprint density at radius 2 is 1.94 bits per heavy atom. The molecular weight excluding hydrogens is 204 g/mol. The van der Waals surface area contributed by atoms with Crippen LogP contribution in [0.2, 0.25) is 0 Å². The highest BCUT2D eigenvalue weighted by molar-refractivity contribution is 5.79. The van der Waals surface area contributed by atoms with Gasteiger partial charge in [0.05, 0.1) is 7.11 Å². The maximum atomic E-state index is 11.5. The minimum atomic E-state index is -0.906. The topological polar surface area (TPSA) is 55.6 Å². The van der Waals surface area contributed by atoms with Gasteiger partial charge in [0, 0.05) is 12.1 Å². The Kier molecular flexibility index (Phi) is 5.97. The number of hydrogen-bond donors (Lipinski definition) is 1. The number of carbonyl (C=O) groups is 1. The van der Waals surface area contributed by atoms with Gasteiger partial charge >= 0.3 is 5.97 Å². The summed E-state index contributed by atoms with van der Waals surface area (Å²) in [5.41, 5.74) is 5.06. The summed E-state index contributed by atoms with van der Waals surface area (Å²) in [6, 6.07) is 0.715. The van der Waals surface area contributed by atoms with Gasteiger partial charge in [-0.25, -0.2) is 0 Å². The molecule has 0 saturated heterocycles. The summed E-state index contributed by atoms with van der Waals surface area (Å²) in [4.78, 5) is 13.8. The molecule has 0 aromatic carbocycles. The molecule has 0 aromatic heterocycles. The number of ether oxygens (including phenoxy) is 1. The minimum absolute atomic E-state index is 0.263. The molecule has 0 aromatic rings. The molecule has 4 heteroatoms. The molecule has 0 saturated carbocycles. The van der Waals surface area contributed by atoms with Crippen molar-refractivity contribution in [1.29, 1.82) is 0 Å². The molecule has 0 spiro atoms. The zero-order chi connectivity index (χ0) is 12.9. The first-order valence-electron chi connectivity index (χ1n) is 5.89. The third kappa shape index (κ3) is 4.10. The first kappa shape index (κ1) is 15.4. The maximum Gasteiger partial charge on any atom is 0.325 e. The van der Waals surface area contributed by atoms with Gasteiger partial charge in [-0.3, -0.25) is 9.69 Å². The van der Waals surface area contributed by atoms with Crippen LogP contribution in [-0.4, -0.2) is 42.1 Å². The minimum Gasteiger partial charge on any atom is -0.468 e. The fourth-order valence-electron chi connectivity index (χ4n) is 2.23. The summed E-state index contributed by atoms with van der Waals surface area (Å²) in [6.07, 6.45) is 0.603. The Morgan fingerprint density at radius 3 is 2.25 bits per heavy atom. The summed E-state index contributed by atoms with van der Waals surface area (Å²) in [7, 11) is 1.37. The highest BCUT2D eigenvalue weighted by atomic mass is 16.5. The van der Waals surface area contributed by atoms with Crippen LogP contribution in [-0.2, 0) is 9.53 Å². The molecule has 0 fully saturated rings. The smallest absolute Gasteiger partial charge is 0.325 e. The highest BCUT2D eigenvalue weighted by Crippen LogP contribution is 2.17. The Morgan fingerprint density at radius 1 is 1.44 bits per heavy atom. The van der Waals surface area contributed by atoms with E-state index in [-0.39, 0.29) is 12.0 Å². The van der Waals surface area contributed by atoms with Crippen molar-refractivity contribution >= 4 is 5.97 Å². The zero-order valence-corrected chi connectivity index (χ0v) is 11.4. The monoisotopic (exact) mass is 230 g/mol. The van der Waals surface area contributed by atoms with Crippen LogP contribution in [0.5, 0.6) is 0 Å². The average molecular weight is 230 g/mol. The van der Waals surface area contributed by atoms with Gasteiger partial charge < -0.3 is 10.5 Å². The van der Waals surface area contributed by atoms with Crippen LogP contribution in [0.3, 0.4) is 0 Å². The van der Waals surface area contributed by atoms with Gasteiger partial charge in [0.2, 0.25) is 0 Å². The number of methoxy groups -OCH3 is 1. The Bertz CT molecular complexity index is 227. The first-order valence-corrected chi connectivity index (χ1v) is 5.89. The second-order valence-corrected chi connectivity index (χ2v) is 4.89. The summed E-state index contributed by atoms with van der Waals surface area (Å²) < 4.78 is 4.71. The van der Waals surface area contributed by atoms with E-state index in [2.05, 4.69) is 32.6 Å². The second-order valence-electron chi connectivity index (χ2n) is 4.89. The van der Waals surface area contributed by atoms with Crippen LogP contribution in [0.25, 0.3) is 0 Å². The molecule has 2 N–H and O–H groups in total. The molecule has 16 heavy (non-hydrogen) atoms. The van der Waals surface area contributed by atoms with Crippen molar-refractivity contribution < 1.29 is 9.53 Å². The molecule has 4 nitrogen and oxygen atoms in total. The van der Waals surface area contributed by atoms with Gasteiger partial charge in [-0.15, -0.1) is 0 Å². The van der Waals surface area contributed by atoms with E-state index >= 15 is 0 Å². The molecule has 0 bridgehead atoms. The van der Waals surface area contributed by atoms with Crippen molar-refractivity contribution in [3.8, 4) is 0 Å². The molecule has 2 unspecified atom stereocenters. The van der Waals surface area contributed by atoms with Crippen molar-refractivity contribution in [2.75, 3.05) is 13.7 Å². The molecule has 0 aliphatic rings. The molecule has 0 heterocycles. The Labute approximate surface area is 99.1 Å². The van der Waals surface area contributed by atoms with Crippen LogP contribution >= 0.6 is 0 Å². The number of rotatable bonds is 6. The van der Waals surface area contributed by atoms with E-state index < -0.39 is 5.54 Å². The fraction of sp³-hybridized carbons (Fsp3) is 0.917. The van der Waals surface area contributed by atoms with Crippen molar-refractivity contribution in [2.45, 2.75) is 58.7 Å². The fourth-order valence-corrected chi connectivity index (χ4v) is 2.23. The molecular formula is C12H26N2O2. The molecule has 0 aliphatic carbocycles. The third-order valence-electron chi connectivity index (χ3n) is 2.97. The highest BCUT2D eigenvalue weighted by Gasteiger charge is 2.33. The lowest BCUT2D eigenvalue weighted by molar-refractivity contribution is -0.147. The van der Waals surface area contributed by atoms with Gasteiger partial charge in [-0.2, -0.15) is 0 Å². The maximum absolute atomic E-state index is 11.5. The lowest BCUT2D eigenvalue weighted by atomic mass is 9.93. The molecule has 0 rings (SSSR count). The van der Waals surface area contributed by atoms with Gasteiger partial charge in [0.25, 0.3) is 0 Å². The first-order chi connectivity index (χ1) is 7.26. The summed E-state index contributed by atoms with van der Waals surface area (Å²) in [5, 5.41) is 0. The average Bonchev–Trinajstić information content (AvgIpc) is 2.15. The van der Waals surface area contributed by atoms with Crippen molar-refractivity contribution in [3.63, 3.8) is 0 Å². The summed E-state index contributed by atoms with van der Waals surface area (Å²) in [6.45, 7) is 11.2. The van der Waals surface area contributed by atoms with E-state index in [1.165, 1.54) is 7.11 Å². The van der Waals surface area contributed by atoms with E-state index in [1.54, 1.807) is 6.92 Å². The molecule has 0 amide bonds. The third-order valence-corrected chi connectivity index (χ3v) is 2.97. The predicted molar refractivity (Wildman–Crippen MR) is 66.2 cm³/mol. The van der Waals surface area contributed by atoms with E-state index in [1.807, 2.05) is 0 Å². The van der Waals surface area contributed by atoms with Gasteiger partial charge in [0.15, 0.2) is 0 Å². The van der Waals surface area contributed by atoms with Crippen LogP contribution in [0.1, 0.15) is 41.0 Å². The van der Waals surface area contributed by atoms with E-state index in [0.29, 0.717) is 12.5 Å². The molecule has 96 valence electrons. The van der Waals surface area contributed by atoms with Crippen LogP contribution < -0.4 is 5.73 Å². The Hall–Kier alpha value is -0.610. The quantitative estimate of drug-likeness (QED) is 0.701. The van der Waals surface area contributed by atoms with Crippen molar-refractivity contribution in [1.82, 2.24) is 4.90 Å². The van der Waals surface area contributed by atoms with Gasteiger partial charge in [-0.05, 0) is 40.7 Å². The van der Waals surface area contributed by atoms with E-state index in [9.17, 15) is 4.79 Å². The zero-order valence-electron chi connectivity index (χ0n) is 11.4. The SMILES string of the molecule is CCN(C(C)C)C(C)CC(C)(N)C(=O)OC. The van der Waals surface area contributed by atoms with E-state index in [4.69, 9.17) is 10.5 Å².